The van der Waals surface area contributed by atoms with E-state index in [2.05, 4.69) is 11.4 Å². The fourth-order valence-electron chi connectivity index (χ4n) is 3.03. The van der Waals surface area contributed by atoms with Gasteiger partial charge < -0.3 is 10.1 Å². The van der Waals surface area contributed by atoms with E-state index in [1.54, 1.807) is 19.1 Å². The maximum Gasteiger partial charge on any atom is 0.274 e. The normalized spacial score (nSPS) is 13.0. The van der Waals surface area contributed by atoms with Crippen LogP contribution in [0.5, 0.6) is 5.75 Å². The SMILES string of the molecule is Cc1ccc(NC(=O)COc2ccc3c(c2)CCCC3)cc1[N+](=O)[O-]. The molecule has 0 atom stereocenters. The molecule has 0 saturated carbocycles. The van der Waals surface area contributed by atoms with Crippen molar-refractivity contribution < 1.29 is 14.5 Å². The van der Waals surface area contributed by atoms with E-state index in [1.165, 1.54) is 30.0 Å². The van der Waals surface area contributed by atoms with E-state index in [0.717, 1.165) is 12.8 Å². The average Bonchev–Trinajstić information content (AvgIpc) is 2.61. The summed E-state index contributed by atoms with van der Waals surface area (Å²) < 4.78 is 5.56. The fraction of sp³-hybridized carbons (Fsp3) is 0.316. The molecular formula is C19H20N2O4. The quantitative estimate of drug-likeness (QED) is 0.663. The summed E-state index contributed by atoms with van der Waals surface area (Å²) in [6, 6.07) is 10.5. The van der Waals surface area contributed by atoms with Gasteiger partial charge in [0.05, 0.1) is 4.92 Å². The Labute approximate surface area is 146 Å². The zero-order valence-electron chi connectivity index (χ0n) is 14.1. The van der Waals surface area contributed by atoms with Crippen LogP contribution in [-0.4, -0.2) is 17.4 Å². The Morgan fingerprint density at radius 2 is 1.92 bits per heavy atom. The van der Waals surface area contributed by atoms with Crippen LogP contribution in [0.2, 0.25) is 0 Å². The van der Waals surface area contributed by atoms with Crippen LogP contribution in [0.4, 0.5) is 11.4 Å². The summed E-state index contributed by atoms with van der Waals surface area (Å²) in [4.78, 5) is 22.5. The van der Waals surface area contributed by atoms with Gasteiger partial charge in [0.2, 0.25) is 0 Å². The Balaban J connectivity index is 1.60. The van der Waals surface area contributed by atoms with Gasteiger partial charge in [0.25, 0.3) is 11.6 Å². The first-order valence-corrected chi connectivity index (χ1v) is 8.32. The van der Waals surface area contributed by atoms with Gasteiger partial charge in [-0.1, -0.05) is 12.1 Å². The molecule has 0 aliphatic heterocycles. The van der Waals surface area contributed by atoms with E-state index in [4.69, 9.17) is 4.74 Å². The molecule has 0 unspecified atom stereocenters. The lowest BCUT2D eigenvalue weighted by molar-refractivity contribution is -0.385. The number of carbonyl (C=O) groups is 1. The second-order valence-corrected chi connectivity index (χ2v) is 6.23. The monoisotopic (exact) mass is 340 g/mol. The number of nitro groups is 1. The highest BCUT2D eigenvalue weighted by atomic mass is 16.6. The van der Waals surface area contributed by atoms with Gasteiger partial charge in [-0.15, -0.1) is 0 Å². The maximum atomic E-state index is 12.0. The molecule has 25 heavy (non-hydrogen) atoms. The van der Waals surface area contributed by atoms with Crippen LogP contribution in [0.25, 0.3) is 0 Å². The predicted octanol–water partition coefficient (Wildman–Crippen LogP) is 3.80. The molecular weight excluding hydrogens is 320 g/mol. The molecule has 0 heterocycles. The molecule has 0 aromatic heterocycles. The third kappa shape index (κ3) is 4.15. The zero-order valence-corrected chi connectivity index (χ0v) is 14.1. The molecule has 0 radical (unpaired) electrons. The van der Waals surface area contributed by atoms with Gasteiger partial charge in [-0.2, -0.15) is 0 Å². The van der Waals surface area contributed by atoms with Crippen molar-refractivity contribution in [2.75, 3.05) is 11.9 Å². The molecule has 0 bridgehead atoms. The number of amides is 1. The maximum absolute atomic E-state index is 12.0. The minimum absolute atomic E-state index is 0.0200. The smallest absolute Gasteiger partial charge is 0.274 e. The van der Waals surface area contributed by atoms with Gasteiger partial charge in [0, 0.05) is 17.3 Å². The Bertz CT molecular complexity index is 817. The Morgan fingerprint density at radius 1 is 1.16 bits per heavy atom. The van der Waals surface area contributed by atoms with Crippen LogP contribution in [0.3, 0.4) is 0 Å². The molecule has 1 aliphatic rings. The molecule has 130 valence electrons. The van der Waals surface area contributed by atoms with Crippen molar-refractivity contribution in [2.24, 2.45) is 0 Å². The number of hydrogen-bond donors (Lipinski definition) is 1. The predicted molar refractivity (Wildman–Crippen MR) is 95.0 cm³/mol. The first-order valence-electron chi connectivity index (χ1n) is 8.32. The summed E-state index contributed by atoms with van der Waals surface area (Å²) in [5, 5.41) is 13.6. The van der Waals surface area contributed by atoms with Crippen molar-refractivity contribution in [3.8, 4) is 5.75 Å². The van der Waals surface area contributed by atoms with Crippen molar-refractivity contribution in [3.05, 3.63) is 63.2 Å². The number of aryl methyl sites for hydroxylation is 3. The summed E-state index contributed by atoms with van der Waals surface area (Å²) in [7, 11) is 0. The number of nitrogens with zero attached hydrogens (tertiary/aromatic N) is 1. The van der Waals surface area contributed by atoms with Gasteiger partial charge in [0.1, 0.15) is 5.75 Å². The van der Waals surface area contributed by atoms with E-state index in [-0.39, 0.29) is 18.2 Å². The van der Waals surface area contributed by atoms with Crippen LogP contribution in [0.15, 0.2) is 36.4 Å². The highest BCUT2D eigenvalue weighted by molar-refractivity contribution is 5.92. The minimum atomic E-state index is -0.464. The molecule has 1 aliphatic carbocycles. The van der Waals surface area contributed by atoms with Crippen molar-refractivity contribution in [3.63, 3.8) is 0 Å². The van der Waals surface area contributed by atoms with Gasteiger partial charge in [-0.3, -0.25) is 14.9 Å². The van der Waals surface area contributed by atoms with Crippen molar-refractivity contribution >= 4 is 17.3 Å². The van der Waals surface area contributed by atoms with Gasteiger partial charge in [-0.25, -0.2) is 0 Å². The first kappa shape index (κ1) is 17.0. The number of carbonyl (C=O) groups excluding carboxylic acids is 1. The summed E-state index contributed by atoms with van der Waals surface area (Å²) in [6.07, 6.45) is 4.55. The highest BCUT2D eigenvalue weighted by Crippen LogP contribution is 2.25. The lowest BCUT2D eigenvalue weighted by atomic mass is 9.92. The number of hydrogen-bond acceptors (Lipinski definition) is 4. The summed E-state index contributed by atoms with van der Waals surface area (Å²) >= 11 is 0. The fourth-order valence-corrected chi connectivity index (χ4v) is 3.03. The molecule has 0 saturated heterocycles. The first-order chi connectivity index (χ1) is 12.0. The molecule has 1 amide bonds. The second kappa shape index (κ2) is 7.34. The van der Waals surface area contributed by atoms with E-state index >= 15 is 0 Å². The minimum Gasteiger partial charge on any atom is -0.484 e. The molecule has 0 spiro atoms. The molecule has 2 aromatic rings. The third-order valence-electron chi connectivity index (χ3n) is 4.38. The van der Waals surface area contributed by atoms with Gasteiger partial charge >= 0.3 is 0 Å². The number of anilines is 1. The van der Waals surface area contributed by atoms with Crippen LogP contribution < -0.4 is 10.1 Å². The summed E-state index contributed by atoms with van der Waals surface area (Å²) in [6.45, 7) is 1.52. The Kier molecular flexibility index (Phi) is 4.97. The third-order valence-corrected chi connectivity index (χ3v) is 4.38. The average molecular weight is 340 g/mol. The standard InChI is InChI=1S/C19H20N2O4/c1-13-6-8-16(11-18(13)21(23)24)20-19(22)12-25-17-9-7-14-4-2-3-5-15(14)10-17/h6-11H,2-5,12H2,1H3,(H,20,22). The lowest BCUT2D eigenvalue weighted by Crippen LogP contribution is -2.20. The van der Waals surface area contributed by atoms with E-state index < -0.39 is 4.92 Å². The highest BCUT2D eigenvalue weighted by Gasteiger charge is 2.13. The van der Waals surface area contributed by atoms with Gasteiger partial charge in [0.15, 0.2) is 6.61 Å². The van der Waals surface area contributed by atoms with E-state index in [0.29, 0.717) is 17.0 Å². The Hall–Kier alpha value is -2.89. The second-order valence-electron chi connectivity index (χ2n) is 6.23. The molecule has 6 nitrogen and oxygen atoms in total. The number of nitro benzene ring substituents is 1. The number of benzene rings is 2. The van der Waals surface area contributed by atoms with Crippen LogP contribution in [0, 0.1) is 17.0 Å². The number of rotatable bonds is 5. The number of fused-ring (bicyclic) bond motifs is 1. The van der Waals surface area contributed by atoms with E-state index in [9.17, 15) is 14.9 Å². The molecule has 6 heteroatoms. The molecule has 3 rings (SSSR count). The van der Waals surface area contributed by atoms with Gasteiger partial charge in [-0.05, 0) is 61.9 Å². The summed E-state index contributed by atoms with van der Waals surface area (Å²) in [5.74, 6) is 0.321. The lowest BCUT2D eigenvalue weighted by Gasteiger charge is -2.16. The molecule has 1 N–H and O–H groups in total. The van der Waals surface area contributed by atoms with Crippen LogP contribution in [-0.2, 0) is 17.6 Å². The topological polar surface area (TPSA) is 81.5 Å². The largest absolute Gasteiger partial charge is 0.484 e. The zero-order chi connectivity index (χ0) is 17.8. The number of ether oxygens (including phenoxy) is 1. The molecule has 0 fully saturated rings. The van der Waals surface area contributed by atoms with Crippen LogP contribution >= 0.6 is 0 Å². The van der Waals surface area contributed by atoms with Crippen molar-refractivity contribution in [1.29, 1.82) is 0 Å². The summed E-state index contributed by atoms with van der Waals surface area (Å²) in [5.41, 5.74) is 3.56. The Morgan fingerprint density at radius 3 is 2.68 bits per heavy atom. The van der Waals surface area contributed by atoms with E-state index in [1.807, 2.05) is 12.1 Å². The van der Waals surface area contributed by atoms with Crippen LogP contribution in [0.1, 0.15) is 29.5 Å². The van der Waals surface area contributed by atoms with Crippen molar-refractivity contribution in [1.82, 2.24) is 0 Å². The van der Waals surface area contributed by atoms with Crippen molar-refractivity contribution in [2.45, 2.75) is 32.6 Å². The number of nitrogens with one attached hydrogen (secondary N) is 1. The molecule has 2 aromatic carbocycles.